The molecule has 1 aliphatic carbocycles. The monoisotopic (exact) mass is 190 g/mol. The third kappa shape index (κ3) is 1.83. The Hall–Kier alpha value is -0.820. The van der Waals surface area contributed by atoms with E-state index in [9.17, 15) is 5.11 Å². The lowest BCUT2D eigenvalue weighted by Gasteiger charge is -2.13. The van der Waals surface area contributed by atoms with Crippen LogP contribution in [-0.2, 0) is 0 Å². The van der Waals surface area contributed by atoms with Crippen LogP contribution in [-0.4, -0.2) is 11.2 Å². The van der Waals surface area contributed by atoms with Crippen LogP contribution in [0.3, 0.4) is 0 Å². The lowest BCUT2D eigenvalue weighted by Crippen LogP contribution is -2.17. The molecule has 1 aliphatic rings. The number of aliphatic hydroxyl groups is 1. The highest BCUT2D eigenvalue weighted by Gasteiger charge is 2.43. The van der Waals surface area contributed by atoms with Gasteiger partial charge in [0.1, 0.15) is 0 Å². The number of hydrogen-bond donors (Lipinski definition) is 1. The molecule has 1 saturated carbocycles. The van der Waals surface area contributed by atoms with Crippen molar-refractivity contribution in [1.29, 1.82) is 0 Å². The molecular weight excluding hydrogens is 172 g/mol. The summed E-state index contributed by atoms with van der Waals surface area (Å²) in [5.41, 5.74) is 1.39. The van der Waals surface area contributed by atoms with Gasteiger partial charge in [0, 0.05) is 0 Å². The quantitative estimate of drug-likeness (QED) is 0.777. The third-order valence-electron chi connectivity index (χ3n) is 3.19. The van der Waals surface area contributed by atoms with E-state index in [-0.39, 0.29) is 6.10 Å². The summed E-state index contributed by atoms with van der Waals surface area (Å²) < 4.78 is 0. The summed E-state index contributed by atoms with van der Waals surface area (Å²) in [5, 5.41) is 9.90. The van der Waals surface area contributed by atoms with Crippen molar-refractivity contribution in [3.05, 3.63) is 35.9 Å². The van der Waals surface area contributed by atoms with Crippen molar-refractivity contribution < 1.29 is 5.11 Å². The minimum Gasteiger partial charge on any atom is -0.393 e. The van der Waals surface area contributed by atoms with Crippen LogP contribution in [0, 0.1) is 11.8 Å². The van der Waals surface area contributed by atoms with E-state index in [0.717, 1.165) is 6.42 Å². The van der Waals surface area contributed by atoms with Crippen LogP contribution in [0.4, 0.5) is 0 Å². The van der Waals surface area contributed by atoms with Crippen LogP contribution < -0.4 is 0 Å². The van der Waals surface area contributed by atoms with E-state index >= 15 is 0 Å². The Bertz CT molecular complexity index is 291. The van der Waals surface area contributed by atoms with Crippen molar-refractivity contribution in [2.45, 2.75) is 32.3 Å². The molecule has 0 amide bonds. The van der Waals surface area contributed by atoms with Crippen molar-refractivity contribution in [2.24, 2.45) is 11.8 Å². The van der Waals surface area contributed by atoms with Gasteiger partial charge in [-0.1, -0.05) is 44.2 Å². The van der Waals surface area contributed by atoms with Crippen molar-refractivity contribution in [3.63, 3.8) is 0 Å². The molecule has 1 fully saturated rings. The molecule has 14 heavy (non-hydrogen) atoms. The number of hydrogen-bond acceptors (Lipinski definition) is 1. The summed E-state index contributed by atoms with van der Waals surface area (Å²) in [6, 6.07) is 10.5. The molecule has 1 heteroatoms. The van der Waals surface area contributed by atoms with Crippen LogP contribution in [0.1, 0.15) is 31.7 Å². The van der Waals surface area contributed by atoms with Crippen LogP contribution in [0.25, 0.3) is 0 Å². The first-order valence-electron chi connectivity index (χ1n) is 5.43. The first-order chi connectivity index (χ1) is 6.70. The Balaban J connectivity index is 2.00. The van der Waals surface area contributed by atoms with Crippen LogP contribution in [0.15, 0.2) is 30.3 Å². The molecule has 0 aliphatic heterocycles. The molecule has 1 N–H and O–H groups in total. The summed E-state index contributed by atoms with van der Waals surface area (Å²) >= 11 is 0. The summed E-state index contributed by atoms with van der Waals surface area (Å²) in [5.74, 6) is 1.49. The maximum atomic E-state index is 9.90. The van der Waals surface area contributed by atoms with Gasteiger partial charge in [0.25, 0.3) is 0 Å². The summed E-state index contributed by atoms with van der Waals surface area (Å²) in [7, 11) is 0. The molecule has 3 unspecified atom stereocenters. The summed E-state index contributed by atoms with van der Waals surface area (Å²) in [4.78, 5) is 0. The molecule has 76 valence electrons. The number of aliphatic hydroxyl groups excluding tert-OH is 1. The van der Waals surface area contributed by atoms with Crippen molar-refractivity contribution in [3.8, 4) is 0 Å². The van der Waals surface area contributed by atoms with E-state index in [1.165, 1.54) is 5.56 Å². The van der Waals surface area contributed by atoms with Gasteiger partial charge in [-0.05, 0) is 29.7 Å². The molecule has 0 bridgehead atoms. The van der Waals surface area contributed by atoms with Crippen LogP contribution >= 0.6 is 0 Å². The molecular formula is C13H18O. The zero-order valence-electron chi connectivity index (χ0n) is 8.85. The van der Waals surface area contributed by atoms with Gasteiger partial charge < -0.3 is 5.11 Å². The van der Waals surface area contributed by atoms with Gasteiger partial charge in [-0.2, -0.15) is 0 Å². The van der Waals surface area contributed by atoms with Gasteiger partial charge >= 0.3 is 0 Å². The second-order valence-electron chi connectivity index (χ2n) is 4.65. The predicted molar refractivity (Wildman–Crippen MR) is 58.1 cm³/mol. The molecule has 2 rings (SSSR count). The Labute approximate surface area is 85.8 Å². The molecule has 0 heterocycles. The van der Waals surface area contributed by atoms with E-state index in [4.69, 9.17) is 0 Å². The smallest absolute Gasteiger partial charge is 0.0597 e. The molecule has 1 nitrogen and oxygen atoms in total. The Kier molecular flexibility index (Phi) is 2.60. The van der Waals surface area contributed by atoms with E-state index in [1.807, 2.05) is 6.07 Å². The molecule has 3 atom stereocenters. The lowest BCUT2D eigenvalue weighted by atomic mass is 9.99. The molecule has 1 aromatic carbocycles. The Morgan fingerprint density at radius 2 is 1.86 bits per heavy atom. The number of benzene rings is 1. The SMILES string of the molecule is CC(C)C(O)C1CC1c1ccccc1. The topological polar surface area (TPSA) is 20.2 Å². The number of rotatable bonds is 3. The largest absolute Gasteiger partial charge is 0.393 e. The van der Waals surface area contributed by atoms with Gasteiger partial charge in [-0.15, -0.1) is 0 Å². The van der Waals surface area contributed by atoms with Crippen LogP contribution in [0.2, 0.25) is 0 Å². The fourth-order valence-electron chi connectivity index (χ4n) is 2.17. The first-order valence-corrected chi connectivity index (χ1v) is 5.43. The van der Waals surface area contributed by atoms with Gasteiger partial charge in [-0.3, -0.25) is 0 Å². The predicted octanol–water partition coefficient (Wildman–Crippen LogP) is 2.81. The highest BCUT2D eigenvalue weighted by molar-refractivity contribution is 5.26. The fraction of sp³-hybridized carbons (Fsp3) is 0.538. The van der Waals surface area contributed by atoms with Gasteiger partial charge in [0.05, 0.1) is 6.10 Å². The van der Waals surface area contributed by atoms with Crippen molar-refractivity contribution in [1.82, 2.24) is 0 Å². The van der Waals surface area contributed by atoms with Crippen molar-refractivity contribution in [2.75, 3.05) is 0 Å². The third-order valence-corrected chi connectivity index (χ3v) is 3.19. The van der Waals surface area contributed by atoms with Crippen molar-refractivity contribution >= 4 is 0 Å². The normalized spacial score (nSPS) is 27.7. The second-order valence-corrected chi connectivity index (χ2v) is 4.65. The Morgan fingerprint density at radius 1 is 1.21 bits per heavy atom. The minimum atomic E-state index is -0.125. The first kappa shape index (κ1) is 9.72. The second kappa shape index (κ2) is 3.74. The lowest BCUT2D eigenvalue weighted by molar-refractivity contribution is 0.101. The highest BCUT2D eigenvalue weighted by Crippen LogP contribution is 2.50. The van der Waals surface area contributed by atoms with E-state index in [2.05, 4.69) is 38.1 Å². The maximum absolute atomic E-state index is 9.90. The maximum Gasteiger partial charge on any atom is 0.0597 e. The van der Waals surface area contributed by atoms with Crippen LogP contribution in [0.5, 0.6) is 0 Å². The summed E-state index contributed by atoms with van der Waals surface area (Å²) in [6.07, 6.45) is 1.03. The zero-order valence-corrected chi connectivity index (χ0v) is 8.85. The standard InChI is InChI=1S/C13H18O/c1-9(2)13(14)12-8-11(12)10-6-4-3-5-7-10/h3-7,9,11-14H,8H2,1-2H3. The Morgan fingerprint density at radius 3 is 2.43 bits per heavy atom. The van der Waals surface area contributed by atoms with E-state index in [1.54, 1.807) is 0 Å². The van der Waals surface area contributed by atoms with E-state index < -0.39 is 0 Å². The zero-order chi connectivity index (χ0) is 10.1. The molecule has 0 aromatic heterocycles. The molecule has 1 aromatic rings. The van der Waals surface area contributed by atoms with E-state index in [0.29, 0.717) is 17.8 Å². The molecule has 0 radical (unpaired) electrons. The van der Waals surface area contributed by atoms with Gasteiger partial charge in [-0.25, -0.2) is 0 Å². The highest BCUT2D eigenvalue weighted by atomic mass is 16.3. The summed E-state index contributed by atoms with van der Waals surface area (Å²) in [6.45, 7) is 4.18. The fourth-order valence-corrected chi connectivity index (χ4v) is 2.17. The molecule has 0 spiro atoms. The van der Waals surface area contributed by atoms with Gasteiger partial charge in [0.2, 0.25) is 0 Å². The average molecular weight is 190 g/mol. The molecule has 0 saturated heterocycles. The minimum absolute atomic E-state index is 0.125. The average Bonchev–Trinajstić information content (AvgIpc) is 2.97. The van der Waals surface area contributed by atoms with Gasteiger partial charge in [0.15, 0.2) is 0 Å².